The maximum absolute atomic E-state index is 13.0. The second-order valence-corrected chi connectivity index (χ2v) is 7.26. The van der Waals surface area contributed by atoms with Crippen molar-refractivity contribution in [1.82, 2.24) is 14.8 Å². The average molecular weight is 371 g/mol. The number of benzene rings is 1. The molecule has 134 valence electrons. The van der Waals surface area contributed by atoms with Crippen molar-refractivity contribution in [2.45, 2.75) is 18.9 Å². The standard InChI is InChI=1S/C19H18FN3O2S/c20-15-6-4-13(5-7-15)18(25)21-19(26)22-9-12-8-14(11-22)16-2-1-3-17(24)23(16)10-12/h1-7,12,14H,8-11H2,(H,21,25,26)/t12-,14+/m0/s1. The van der Waals surface area contributed by atoms with E-state index in [1.54, 1.807) is 12.1 Å². The Morgan fingerprint density at radius 3 is 2.65 bits per heavy atom. The van der Waals surface area contributed by atoms with Gasteiger partial charge in [0.05, 0.1) is 0 Å². The van der Waals surface area contributed by atoms with E-state index in [2.05, 4.69) is 5.32 Å². The number of aromatic nitrogens is 1. The number of likely N-dealkylation sites (tertiary alicyclic amines) is 1. The Hall–Kier alpha value is -2.54. The first-order valence-corrected chi connectivity index (χ1v) is 8.97. The van der Waals surface area contributed by atoms with Gasteiger partial charge in [-0.05, 0) is 54.9 Å². The molecule has 0 unspecified atom stereocenters. The van der Waals surface area contributed by atoms with Crippen molar-refractivity contribution in [3.63, 3.8) is 0 Å². The molecule has 3 heterocycles. The quantitative estimate of drug-likeness (QED) is 0.781. The Morgan fingerprint density at radius 1 is 1.12 bits per heavy atom. The van der Waals surface area contributed by atoms with Gasteiger partial charge in [-0.25, -0.2) is 4.39 Å². The van der Waals surface area contributed by atoms with Crippen LogP contribution in [0, 0.1) is 11.7 Å². The third kappa shape index (κ3) is 3.14. The van der Waals surface area contributed by atoms with E-state index >= 15 is 0 Å². The van der Waals surface area contributed by atoms with Gasteiger partial charge in [-0.15, -0.1) is 0 Å². The van der Waals surface area contributed by atoms with E-state index in [1.807, 2.05) is 15.5 Å². The van der Waals surface area contributed by atoms with Gasteiger partial charge in [0, 0.05) is 42.9 Å². The van der Waals surface area contributed by atoms with Crippen molar-refractivity contribution in [3.8, 4) is 0 Å². The molecule has 2 aliphatic heterocycles. The summed E-state index contributed by atoms with van der Waals surface area (Å²) in [5.74, 6) is -0.191. The molecule has 5 nitrogen and oxygen atoms in total. The van der Waals surface area contributed by atoms with Gasteiger partial charge in [0.2, 0.25) is 0 Å². The number of pyridine rings is 1. The first-order chi connectivity index (χ1) is 12.5. The molecule has 0 radical (unpaired) electrons. The van der Waals surface area contributed by atoms with Crippen LogP contribution in [0.1, 0.15) is 28.4 Å². The van der Waals surface area contributed by atoms with Crippen molar-refractivity contribution in [2.75, 3.05) is 13.1 Å². The van der Waals surface area contributed by atoms with Gasteiger partial charge in [0.25, 0.3) is 11.5 Å². The van der Waals surface area contributed by atoms with Crippen molar-refractivity contribution >= 4 is 23.2 Å². The van der Waals surface area contributed by atoms with Gasteiger partial charge < -0.3 is 9.47 Å². The zero-order valence-electron chi connectivity index (χ0n) is 14.0. The molecule has 0 saturated carbocycles. The number of carbonyl (C=O) groups excluding carboxylic acids is 1. The highest BCUT2D eigenvalue weighted by molar-refractivity contribution is 7.80. The molecule has 0 spiro atoms. The highest BCUT2D eigenvalue weighted by atomic mass is 32.1. The summed E-state index contributed by atoms with van der Waals surface area (Å²) in [6.07, 6.45) is 1.02. The van der Waals surface area contributed by atoms with Crippen molar-refractivity contribution in [3.05, 3.63) is 69.9 Å². The van der Waals surface area contributed by atoms with Gasteiger partial charge in [-0.2, -0.15) is 0 Å². The first-order valence-electron chi connectivity index (χ1n) is 8.57. The third-order valence-electron chi connectivity index (χ3n) is 5.09. The Bertz CT molecular complexity index is 925. The summed E-state index contributed by atoms with van der Waals surface area (Å²) in [7, 11) is 0. The van der Waals surface area contributed by atoms with Crippen LogP contribution in [0.5, 0.6) is 0 Å². The smallest absolute Gasteiger partial charge is 0.257 e. The third-order valence-corrected chi connectivity index (χ3v) is 5.45. The Morgan fingerprint density at radius 2 is 1.88 bits per heavy atom. The lowest BCUT2D eigenvalue weighted by atomic mass is 9.83. The number of hydrogen-bond donors (Lipinski definition) is 1. The Labute approximate surface area is 155 Å². The lowest BCUT2D eigenvalue weighted by molar-refractivity contribution is 0.0968. The molecular weight excluding hydrogens is 353 g/mol. The highest BCUT2D eigenvalue weighted by Gasteiger charge is 2.35. The van der Waals surface area contributed by atoms with Crippen LogP contribution >= 0.6 is 12.2 Å². The van der Waals surface area contributed by atoms with Crippen molar-refractivity contribution < 1.29 is 9.18 Å². The number of thiocarbonyl (C=S) groups is 1. The van der Waals surface area contributed by atoms with E-state index in [1.165, 1.54) is 24.3 Å². The molecule has 26 heavy (non-hydrogen) atoms. The van der Waals surface area contributed by atoms with Crippen LogP contribution < -0.4 is 10.9 Å². The van der Waals surface area contributed by atoms with E-state index < -0.39 is 0 Å². The van der Waals surface area contributed by atoms with Gasteiger partial charge in [-0.3, -0.25) is 14.9 Å². The van der Waals surface area contributed by atoms with Gasteiger partial charge in [-0.1, -0.05) is 6.07 Å². The minimum atomic E-state index is -0.387. The number of fused-ring (bicyclic) bond motifs is 4. The first kappa shape index (κ1) is 16.9. The maximum Gasteiger partial charge on any atom is 0.257 e. The molecule has 1 N–H and O–H groups in total. The monoisotopic (exact) mass is 371 g/mol. The number of rotatable bonds is 1. The van der Waals surface area contributed by atoms with Crippen LogP contribution in [0.2, 0.25) is 0 Å². The molecule has 2 atom stereocenters. The van der Waals surface area contributed by atoms with E-state index in [-0.39, 0.29) is 23.2 Å². The number of nitrogens with zero attached hydrogens (tertiary/aromatic N) is 2. The van der Waals surface area contributed by atoms with Crippen LogP contribution in [0.4, 0.5) is 4.39 Å². The van der Waals surface area contributed by atoms with Crippen LogP contribution in [0.15, 0.2) is 47.3 Å². The molecule has 1 fully saturated rings. The number of hydrogen-bond acceptors (Lipinski definition) is 3. The number of amides is 1. The summed E-state index contributed by atoms with van der Waals surface area (Å²) in [6, 6.07) is 10.7. The summed E-state index contributed by atoms with van der Waals surface area (Å²) in [6.45, 7) is 2.05. The summed E-state index contributed by atoms with van der Waals surface area (Å²) in [5.41, 5.74) is 1.44. The Balaban J connectivity index is 1.48. The summed E-state index contributed by atoms with van der Waals surface area (Å²) >= 11 is 5.43. The number of piperidine rings is 1. The molecule has 1 aromatic heterocycles. The van der Waals surface area contributed by atoms with E-state index in [0.717, 1.165) is 12.1 Å². The molecule has 1 saturated heterocycles. The van der Waals surface area contributed by atoms with Gasteiger partial charge >= 0.3 is 0 Å². The molecule has 4 rings (SSSR count). The predicted molar refractivity (Wildman–Crippen MR) is 99.6 cm³/mol. The molecule has 1 amide bonds. The fourth-order valence-electron chi connectivity index (χ4n) is 3.91. The van der Waals surface area contributed by atoms with Crippen LogP contribution in [-0.4, -0.2) is 33.6 Å². The molecule has 2 aromatic rings. The summed E-state index contributed by atoms with van der Waals surface area (Å²) in [4.78, 5) is 26.4. The lowest BCUT2D eigenvalue weighted by Gasteiger charge is -2.43. The molecule has 2 bridgehead atoms. The fourth-order valence-corrected chi connectivity index (χ4v) is 4.15. The zero-order chi connectivity index (χ0) is 18.3. The molecule has 0 aliphatic carbocycles. The fraction of sp³-hybridized carbons (Fsp3) is 0.316. The normalized spacial score (nSPS) is 21.0. The SMILES string of the molecule is O=C(NC(=S)N1C[C@@H]2C[C@H](C1)c1cccc(=O)n1C2)c1ccc(F)cc1. The maximum atomic E-state index is 13.0. The Kier molecular flexibility index (Phi) is 4.32. The molecule has 7 heteroatoms. The predicted octanol–water partition coefficient (Wildman–Crippen LogP) is 2.12. The lowest BCUT2D eigenvalue weighted by Crippen LogP contribution is -2.52. The van der Waals surface area contributed by atoms with Gasteiger partial charge in [0.15, 0.2) is 5.11 Å². The number of nitrogens with one attached hydrogen (secondary N) is 1. The zero-order valence-corrected chi connectivity index (χ0v) is 14.8. The van der Waals surface area contributed by atoms with Crippen LogP contribution in [0.25, 0.3) is 0 Å². The largest absolute Gasteiger partial charge is 0.348 e. The topological polar surface area (TPSA) is 54.3 Å². The van der Waals surface area contributed by atoms with E-state index in [9.17, 15) is 14.0 Å². The minimum absolute atomic E-state index is 0.0397. The van der Waals surface area contributed by atoms with Crippen LogP contribution in [-0.2, 0) is 6.54 Å². The molecular formula is C19H18FN3O2S. The second-order valence-electron chi connectivity index (χ2n) is 6.87. The summed E-state index contributed by atoms with van der Waals surface area (Å²) < 4.78 is 14.9. The summed E-state index contributed by atoms with van der Waals surface area (Å²) in [5, 5.41) is 3.11. The number of halogens is 1. The second kappa shape index (κ2) is 6.64. The molecule has 1 aromatic carbocycles. The van der Waals surface area contributed by atoms with E-state index in [0.29, 0.717) is 36.2 Å². The van der Waals surface area contributed by atoms with Crippen molar-refractivity contribution in [1.29, 1.82) is 0 Å². The average Bonchev–Trinajstić information content (AvgIpc) is 2.63. The van der Waals surface area contributed by atoms with E-state index in [4.69, 9.17) is 12.2 Å². The minimum Gasteiger partial charge on any atom is -0.348 e. The highest BCUT2D eigenvalue weighted by Crippen LogP contribution is 2.34. The van der Waals surface area contributed by atoms with Gasteiger partial charge in [0.1, 0.15) is 5.82 Å². The van der Waals surface area contributed by atoms with Crippen molar-refractivity contribution in [2.24, 2.45) is 5.92 Å². The number of carbonyl (C=O) groups is 1. The molecule has 2 aliphatic rings. The van der Waals surface area contributed by atoms with Crippen LogP contribution in [0.3, 0.4) is 0 Å².